The van der Waals surface area contributed by atoms with Gasteiger partial charge in [-0.05, 0) is 47.7 Å². The van der Waals surface area contributed by atoms with E-state index >= 15 is 0 Å². The molecule has 3 aromatic carbocycles. The number of carbonyl (C=O) groups excluding carboxylic acids is 2. The topological polar surface area (TPSA) is 108 Å². The Hall–Kier alpha value is -4.17. The van der Waals surface area contributed by atoms with E-state index in [-0.39, 0.29) is 25.5 Å². The molecule has 3 aromatic rings. The second kappa shape index (κ2) is 13.2. The van der Waals surface area contributed by atoms with E-state index in [0.717, 1.165) is 47.1 Å². The summed E-state index contributed by atoms with van der Waals surface area (Å²) in [4.78, 5) is 40.6. The molecule has 1 saturated carbocycles. The minimum absolute atomic E-state index is 0.0998. The largest absolute Gasteiger partial charge is 0.481 e. The van der Waals surface area contributed by atoms with Crippen molar-refractivity contribution in [3.8, 4) is 11.1 Å². The van der Waals surface area contributed by atoms with Gasteiger partial charge in [-0.25, -0.2) is 4.79 Å². The lowest BCUT2D eigenvalue weighted by atomic mass is 9.79. The van der Waals surface area contributed by atoms with Crippen molar-refractivity contribution in [2.75, 3.05) is 20.2 Å². The lowest BCUT2D eigenvalue weighted by molar-refractivity contribution is -0.139. The Balaban J connectivity index is 1.29. The molecule has 1 fully saturated rings. The number of alkyl carbamates (subject to hydrolysis) is 1. The van der Waals surface area contributed by atoms with Gasteiger partial charge in [0.25, 0.3) is 0 Å². The molecule has 1 unspecified atom stereocenters. The lowest BCUT2D eigenvalue weighted by Gasteiger charge is -2.38. The van der Waals surface area contributed by atoms with Gasteiger partial charge >= 0.3 is 12.1 Å². The summed E-state index contributed by atoms with van der Waals surface area (Å²) in [5.74, 6) is -1.44. The Bertz CT molecular complexity index is 1360. The maximum atomic E-state index is 13.7. The van der Waals surface area contributed by atoms with E-state index in [1.54, 1.807) is 0 Å². The zero-order valence-electron chi connectivity index (χ0n) is 24.1. The Kier molecular flexibility index (Phi) is 9.22. The van der Waals surface area contributed by atoms with Crippen LogP contribution >= 0.6 is 0 Å². The van der Waals surface area contributed by atoms with Crippen LogP contribution in [0.15, 0.2) is 78.9 Å². The summed E-state index contributed by atoms with van der Waals surface area (Å²) in [6, 6.07) is 25.2. The van der Waals surface area contributed by atoms with Crippen LogP contribution in [0, 0.1) is 0 Å². The number of carbonyl (C=O) groups is 3. The van der Waals surface area contributed by atoms with Crippen LogP contribution in [0.5, 0.6) is 0 Å². The summed E-state index contributed by atoms with van der Waals surface area (Å²) in [7, 11) is 1.89. The summed E-state index contributed by atoms with van der Waals surface area (Å²) in [6.07, 6.45) is 3.10. The number of hydrogen-bond acceptors (Lipinski definition) is 5. The number of carboxylic acid groups (broad SMARTS) is 1. The van der Waals surface area contributed by atoms with Crippen molar-refractivity contribution in [2.24, 2.45) is 0 Å². The fourth-order valence-corrected chi connectivity index (χ4v) is 6.46. The van der Waals surface area contributed by atoms with Crippen molar-refractivity contribution in [3.05, 3.63) is 95.6 Å². The molecule has 0 bridgehead atoms. The van der Waals surface area contributed by atoms with Crippen LogP contribution < -0.4 is 10.6 Å². The van der Waals surface area contributed by atoms with Crippen LogP contribution in [0.25, 0.3) is 11.1 Å². The van der Waals surface area contributed by atoms with E-state index in [1.807, 2.05) is 66.5 Å². The summed E-state index contributed by atoms with van der Waals surface area (Å²) < 4.78 is 5.76. The number of hydrogen-bond donors (Lipinski definition) is 3. The normalized spacial score (nSPS) is 16.2. The molecule has 220 valence electrons. The number of nitrogens with zero attached hydrogens (tertiary/aromatic N) is 1. The summed E-state index contributed by atoms with van der Waals surface area (Å²) in [5, 5.41) is 15.4. The first-order valence-corrected chi connectivity index (χ1v) is 14.7. The van der Waals surface area contributed by atoms with Crippen molar-refractivity contribution in [3.63, 3.8) is 0 Å². The third-order valence-corrected chi connectivity index (χ3v) is 8.43. The highest BCUT2D eigenvalue weighted by Crippen LogP contribution is 2.44. The predicted molar refractivity (Wildman–Crippen MR) is 161 cm³/mol. The van der Waals surface area contributed by atoms with Gasteiger partial charge in [0.1, 0.15) is 12.6 Å². The van der Waals surface area contributed by atoms with Crippen molar-refractivity contribution in [1.29, 1.82) is 0 Å². The first kappa shape index (κ1) is 29.3. The average molecular weight is 570 g/mol. The van der Waals surface area contributed by atoms with Gasteiger partial charge in [0, 0.05) is 19.0 Å². The van der Waals surface area contributed by atoms with Crippen LogP contribution in [-0.4, -0.2) is 59.8 Å². The Morgan fingerprint density at radius 3 is 2.12 bits per heavy atom. The first-order valence-electron chi connectivity index (χ1n) is 14.7. The summed E-state index contributed by atoms with van der Waals surface area (Å²) in [5.41, 5.74) is 4.75. The number of benzene rings is 3. The monoisotopic (exact) mass is 569 g/mol. The number of nitrogens with one attached hydrogen (secondary N) is 2. The summed E-state index contributed by atoms with van der Waals surface area (Å²) >= 11 is 0. The maximum absolute atomic E-state index is 13.7. The van der Waals surface area contributed by atoms with E-state index in [4.69, 9.17) is 4.74 Å². The van der Waals surface area contributed by atoms with E-state index < -0.39 is 29.6 Å². The van der Waals surface area contributed by atoms with Gasteiger partial charge in [0.2, 0.25) is 5.91 Å². The van der Waals surface area contributed by atoms with E-state index in [9.17, 15) is 19.5 Å². The number of amides is 2. The molecule has 1 atom stereocenters. The zero-order valence-corrected chi connectivity index (χ0v) is 24.1. The highest BCUT2D eigenvalue weighted by Gasteiger charge is 2.38. The molecule has 0 radical (unpaired) electrons. The highest BCUT2D eigenvalue weighted by molar-refractivity contribution is 5.87. The van der Waals surface area contributed by atoms with Crippen LogP contribution in [0.3, 0.4) is 0 Å². The fourth-order valence-electron chi connectivity index (χ4n) is 6.46. The highest BCUT2D eigenvalue weighted by atomic mass is 16.5. The molecular weight excluding hydrogens is 530 g/mol. The quantitative estimate of drug-likeness (QED) is 0.289. The molecule has 8 nitrogen and oxygen atoms in total. The van der Waals surface area contributed by atoms with Crippen LogP contribution in [-0.2, 0) is 20.9 Å². The molecule has 0 aromatic heterocycles. The molecule has 0 spiro atoms. The van der Waals surface area contributed by atoms with Crippen LogP contribution in [0.1, 0.15) is 61.1 Å². The number of aliphatic carboxylic acids is 1. The number of carboxylic acids is 1. The van der Waals surface area contributed by atoms with Gasteiger partial charge < -0.3 is 20.5 Å². The maximum Gasteiger partial charge on any atom is 0.407 e. The SMILES string of the molecule is CN(Cc1ccccc1)CC(NC(=O)OCC1c2ccccc2-c2ccccc21)C(=O)NC1(CC(=O)O)CCCCC1. The molecule has 8 heteroatoms. The van der Waals surface area contributed by atoms with Gasteiger partial charge in [0.05, 0.1) is 12.0 Å². The summed E-state index contributed by atoms with van der Waals surface area (Å²) in [6.45, 7) is 0.947. The van der Waals surface area contributed by atoms with Crippen molar-refractivity contribution >= 4 is 18.0 Å². The Labute approximate surface area is 247 Å². The standard InChI is InChI=1S/C34H39N3O5/c1-37(21-24-12-4-2-5-13-24)22-30(32(40)36-34(20-31(38)39)18-10-3-11-19-34)35-33(41)42-23-29-27-16-8-6-14-25(27)26-15-7-9-17-28(26)29/h2,4-9,12-17,29-30H,3,10-11,18-23H2,1H3,(H,35,41)(H,36,40)(H,38,39). The van der Waals surface area contributed by atoms with Gasteiger partial charge in [-0.3, -0.25) is 14.5 Å². The smallest absolute Gasteiger partial charge is 0.407 e. The third-order valence-electron chi connectivity index (χ3n) is 8.43. The van der Waals surface area contributed by atoms with Crippen LogP contribution in [0.4, 0.5) is 4.79 Å². The molecule has 0 heterocycles. The molecule has 42 heavy (non-hydrogen) atoms. The zero-order chi connectivity index (χ0) is 29.5. The molecular formula is C34H39N3O5. The minimum Gasteiger partial charge on any atom is -0.481 e. The van der Waals surface area contributed by atoms with Crippen molar-refractivity contribution in [1.82, 2.24) is 15.5 Å². The number of fused-ring (bicyclic) bond motifs is 3. The molecule has 2 aliphatic carbocycles. The Morgan fingerprint density at radius 2 is 1.50 bits per heavy atom. The molecule has 2 amide bonds. The Morgan fingerprint density at radius 1 is 0.905 bits per heavy atom. The number of ether oxygens (including phenoxy) is 1. The van der Waals surface area contributed by atoms with Crippen molar-refractivity contribution in [2.45, 2.75) is 62.6 Å². The molecule has 3 N–H and O–H groups in total. The van der Waals surface area contributed by atoms with E-state index in [1.165, 1.54) is 0 Å². The minimum atomic E-state index is -0.945. The van der Waals surface area contributed by atoms with Gasteiger partial charge in [0.15, 0.2) is 0 Å². The average Bonchev–Trinajstić information content (AvgIpc) is 3.30. The molecule has 2 aliphatic rings. The van der Waals surface area contributed by atoms with Gasteiger partial charge in [-0.2, -0.15) is 0 Å². The van der Waals surface area contributed by atoms with Crippen molar-refractivity contribution < 1.29 is 24.2 Å². The third kappa shape index (κ3) is 6.99. The van der Waals surface area contributed by atoms with E-state index in [2.05, 4.69) is 34.9 Å². The van der Waals surface area contributed by atoms with Gasteiger partial charge in [-0.1, -0.05) is 98.1 Å². The number of likely N-dealkylation sites (N-methyl/N-ethyl adjacent to an activating group) is 1. The van der Waals surface area contributed by atoms with Gasteiger partial charge in [-0.15, -0.1) is 0 Å². The number of rotatable bonds is 11. The van der Waals surface area contributed by atoms with Crippen LogP contribution in [0.2, 0.25) is 0 Å². The molecule has 0 aliphatic heterocycles. The molecule has 0 saturated heterocycles. The second-order valence-electron chi connectivity index (χ2n) is 11.6. The lowest BCUT2D eigenvalue weighted by Crippen LogP contribution is -2.59. The van der Waals surface area contributed by atoms with E-state index in [0.29, 0.717) is 19.4 Å². The predicted octanol–water partition coefficient (Wildman–Crippen LogP) is 5.32. The first-order chi connectivity index (χ1) is 20.3. The second-order valence-corrected chi connectivity index (χ2v) is 11.6. The molecule has 5 rings (SSSR count). The fraction of sp³-hybridized carbons (Fsp3) is 0.382.